The maximum Gasteiger partial charge on any atom is 0.149 e. The highest BCUT2D eigenvalue weighted by molar-refractivity contribution is 5.52. The van der Waals surface area contributed by atoms with Crippen molar-refractivity contribution in [2.75, 3.05) is 5.73 Å². The van der Waals surface area contributed by atoms with Gasteiger partial charge in [-0.1, -0.05) is 13.8 Å². The van der Waals surface area contributed by atoms with Gasteiger partial charge in [-0.3, -0.25) is 0 Å². The summed E-state index contributed by atoms with van der Waals surface area (Å²) < 4.78 is 26.9. The number of hydrogen-bond acceptors (Lipinski definition) is 1. The normalized spacial score (nSPS) is 13.3. The van der Waals surface area contributed by atoms with Gasteiger partial charge in [0.15, 0.2) is 0 Å². The summed E-state index contributed by atoms with van der Waals surface area (Å²) in [7, 11) is 0. The van der Waals surface area contributed by atoms with Crippen LogP contribution in [-0.2, 0) is 0 Å². The molecule has 0 amide bonds. The quantitative estimate of drug-likeness (QED) is 0.741. The van der Waals surface area contributed by atoms with E-state index in [0.717, 1.165) is 5.56 Å². The molecule has 0 aromatic heterocycles. The van der Waals surface area contributed by atoms with Crippen molar-refractivity contribution in [1.29, 1.82) is 0 Å². The van der Waals surface area contributed by atoms with E-state index in [1.54, 1.807) is 13.0 Å². The molecule has 1 aromatic carbocycles. The molecule has 0 heterocycles. The molecule has 0 fully saturated rings. The number of alkyl halides is 1. The van der Waals surface area contributed by atoms with Crippen LogP contribution >= 0.6 is 0 Å². The predicted octanol–water partition coefficient (Wildman–Crippen LogP) is 3.87. The van der Waals surface area contributed by atoms with Gasteiger partial charge in [-0.05, 0) is 42.5 Å². The van der Waals surface area contributed by atoms with Gasteiger partial charge in [0, 0.05) is 0 Å². The molecular formula is C12H17F2N. The van der Waals surface area contributed by atoms with Gasteiger partial charge in [0.2, 0.25) is 0 Å². The zero-order valence-electron chi connectivity index (χ0n) is 9.57. The molecule has 0 bridgehead atoms. The van der Waals surface area contributed by atoms with Gasteiger partial charge >= 0.3 is 0 Å². The van der Waals surface area contributed by atoms with Crippen LogP contribution in [0.25, 0.3) is 0 Å². The molecule has 0 aliphatic carbocycles. The molecule has 0 aliphatic rings. The monoisotopic (exact) mass is 213 g/mol. The Kier molecular flexibility index (Phi) is 3.32. The van der Waals surface area contributed by atoms with Gasteiger partial charge in [-0.15, -0.1) is 0 Å². The first-order valence-electron chi connectivity index (χ1n) is 5.08. The van der Waals surface area contributed by atoms with Crippen LogP contribution in [0.3, 0.4) is 0 Å². The van der Waals surface area contributed by atoms with E-state index in [1.807, 2.05) is 13.8 Å². The third kappa shape index (κ3) is 2.11. The van der Waals surface area contributed by atoms with Crippen molar-refractivity contribution in [3.05, 3.63) is 28.6 Å². The summed E-state index contributed by atoms with van der Waals surface area (Å²) in [6.07, 6.45) is -1.17. The number of anilines is 1. The molecule has 3 heteroatoms. The summed E-state index contributed by atoms with van der Waals surface area (Å²) in [6.45, 7) is 6.88. The summed E-state index contributed by atoms with van der Waals surface area (Å²) in [5.41, 5.74) is 7.19. The molecule has 1 nitrogen and oxygen atoms in total. The van der Waals surface area contributed by atoms with Crippen molar-refractivity contribution < 1.29 is 8.78 Å². The van der Waals surface area contributed by atoms with Gasteiger partial charge in [0.25, 0.3) is 0 Å². The van der Waals surface area contributed by atoms with Crippen LogP contribution in [0.2, 0.25) is 0 Å². The minimum absolute atomic E-state index is 0.0978. The van der Waals surface area contributed by atoms with Gasteiger partial charge in [0.05, 0.1) is 5.69 Å². The van der Waals surface area contributed by atoms with Crippen molar-refractivity contribution in [2.45, 2.75) is 39.8 Å². The summed E-state index contributed by atoms with van der Waals surface area (Å²) in [5, 5.41) is 0. The first-order chi connectivity index (χ1) is 6.86. The minimum Gasteiger partial charge on any atom is -0.396 e. The van der Waals surface area contributed by atoms with Crippen LogP contribution in [0.15, 0.2) is 6.07 Å². The largest absolute Gasteiger partial charge is 0.396 e. The molecule has 0 radical (unpaired) electrons. The molecule has 0 spiro atoms. The van der Waals surface area contributed by atoms with Crippen molar-refractivity contribution in [2.24, 2.45) is 0 Å². The Labute approximate surface area is 89.3 Å². The fraction of sp³-hybridized carbons (Fsp3) is 0.500. The van der Waals surface area contributed by atoms with E-state index < -0.39 is 12.0 Å². The van der Waals surface area contributed by atoms with Gasteiger partial charge in [0.1, 0.15) is 12.0 Å². The molecule has 1 atom stereocenters. The Morgan fingerprint density at radius 1 is 1.27 bits per heavy atom. The van der Waals surface area contributed by atoms with E-state index >= 15 is 0 Å². The van der Waals surface area contributed by atoms with Crippen LogP contribution in [0.4, 0.5) is 14.5 Å². The highest BCUT2D eigenvalue weighted by Crippen LogP contribution is 2.33. The van der Waals surface area contributed by atoms with E-state index in [4.69, 9.17) is 5.73 Å². The van der Waals surface area contributed by atoms with E-state index in [2.05, 4.69) is 0 Å². The highest BCUT2D eigenvalue weighted by Gasteiger charge is 2.19. The van der Waals surface area contributed by atoms with Crippen molar-refractivity contribution in [3.63, 3.8) is 0 Å². The van der Waals surface area contributed by atoms with Crippen LogP contribution < -0.4 is 5.73 Å². The lowest BCUT2D eigenvalue weighted by Crippen LogP contribution is -2.06. The maximum atomic E-state index is 13.5. The smallest absolute Gasteiger partial charge is 0.149 e. The summed E-state index contributed by atoms with van der Waals surface area (Å²) in [6, 6.07) is 1.54. The standard InChI is InChI=1S/C12H17F2N/c1-6(2)9-5-10(15)12(14)7(3)11(9)8(4)13/h5-6,8H,15H2,1-4H3. The summed E-state index contributed by atoms with van der Waals surface area (Å²) in [5.74, 6) is -0.362. The zero-order valence-corrected chi connectivity index (χ0v) is 9.57. The molecule has 15 heavy (non-hydrogen) atoms. The fourth-order valence-corrected chi connectivity index (χ4v) is 1.87. The van der Waals surface area contributed by atoms with Crippen molar-refractivity contribution in [3.8, 4) is 0 Å². The lowest BCUT2D eigenvalue weighted by molar-refractivity contribution is 0.367. The van der Waals surface area contributed by atoms with Gasteiger partial charge in [-0.25, -0.2) is 8.78 Å². The van der Waals surface area contributed by atoms with Crippen molar-refractivity contribution >= 4 is 5.69 Å². The van der Waals surface area contributed by atoms with E-state index in [1.165, 1.54) is 6.92 Å². The zero-order chi connectivity index (χ0) is 11.7. The summed E-state index contributed by atoms with van der Waals surface area (Å²) >= 11 is 0. The van der Waals surface area contributed by atoms with E-state index in [0.29, 0.717) is 11.1 Å². The number of benzene rings is 1. The topological polar surface area (TPSA) is 26.0 Å². The molecule has 0 aliphatic heterocycles. The van der Waals surface area contributed by atoms with E-state index in [9.17, 15) is 8.78 Å². The average molecular weight is 213 g/mol. The first kappa shape index (κ1) is 12.0. The molecule has 0 saturated heterocycles. The van der Waals surface area contributed by atoms with Crippen LogP contribution in [0.5, 0.6) is 0 Å². The molecule has 1 rings (SSSR count). The highest BCUT2D eigenvalue weighted by atomic mass is 19.1. The van der Waals surface area contributed by atoms with Crippen LogP contribution in [-0.4, -0.2) is 0 Å². The Morgan fingerprint density at radius 3 is 2.20 bits per heavy atom. The molecular weight excluding hydrogens is 196 g/mol. The maximum absolute atomic E-state index is 13.5. The molecule has 84 valence electrons. The van der Waals surface area contributed by atoms with Gasteiger partial charge in [-0.2, -0.15) is 0 Å². The number of nitrogen functional groups attached to an aromatic ring is 1. The SMILES string of the molecule is Cc1c(F)c(N)cc(C(C)C)c1C(C)F. The third-order valence-electron chi connectivity index (χ3n) is 2.63. The Hall–Kier alpha value is -1.12. The van der Waals surface area contributed by atoms with Gasteiger partial charge < -0.3 is 5.73 Å². The average Bonchev–Trinajstić information content (AvgIpc) is 2.12. The Balaban J connectivity index is 3.51. The number of halogens is 2. The lowest BCUT2D eigenvalue weighted by Gasteiger charge is -2.18. The van der Waals surface area contributed by atoms with E-state index in [-0.39, 0.29) is 11.6 Å². The lowest BCUT2D eigenvalue weighted by atomic mass is 9.90. The predicted molar refractivity (Wildman–Crippen MR) is 59.2 cm³/mol. The third-order valence-corrected chi connectivity index (χ3v) is 2.63. The molecule has 0 saturated carbocycles. The molecule has 2 N–H and O–H groups in total. The first-order valence-corrected chi connectivity index (χ1v) is 5.08. The minimum atomic E-state index is -1.17. The van der Waals surface area contributed by atoms with Crippen molar-refractivity contribution in [1.82, 2.24) is 0 Å². The Bertz CT molecular complexity index is 370. The van der Waals surface area contributed by atoms with Crippen LogP contribution in [0.1, 0.15) is 49.6 Å². The number of rotatable bonds is 2. The molecule has 1 aromatic rings. The number of hydrogen-bond donors (Lipinski definition) is 1. The Morgan fingerprint density at radius 2 is 1.80 bits per heavy atom. The second-order valence-electron chi connectivity index (χ2n) is 4.18. The second-order valence-corrected chi connectivity index (χ2v) is 4.18. The summed E-state index contributed by atoms with van der Waals surface area (Å²) in [4.78, 5) is 0. The fourth-order valence-electron chi connectivity index (χ4n) is 1.87. The second kappa shape index (κ2) is 4.17. The number of nitrogens with two attached hydrogens (primary N) is 1. The van der Waals surface area contributed by atoms with Crippen LogP contribution in [0, 0.1) is 12.7 Å². The molecule has 1 unspecified atom stereocenters.